The molecule has 3 atom stereocenters. The number of fused-ring (bicyclic) bond motifs is 2. The molecule has 2 rings (SSSR count). The van der Waals surface area contributed by atoms with Crippen molar-refractivity contribution in [3.05, 3.63) is 35.5 Å². The van der Waals surface area contributed by atoms with Crippen molar-refractivity contribution in [3.63, 3.8) is 0 Å². The number of hydrogen-bond acceptors (Lipinski definition) is 6. The van der Waals surface area contributed by atoms with Gasteiger partial charge < -0.3 is 14.6 Å². The van der Waals surface area contributed by atoms with E-state index in [4.69, 9.17) is 9.47 Å². The summed E-state index contributed by atoms with van der Waals surface area (Å²) in [6.45, 7) is 6.54. The Morgan fingerprint density at radius 1 is 1.42 bits per heavy atom. The Bertz CT molecular complexity index is 716. The van der Waals surface area contributed by atoms with Crippen LogP contribution in [0.3, 0.4) is 0 Å². The number of aliphatic hydroxyl groups is 1. The Labute approximate surface area is 139 Å². The molecule has 0 saturated heterocycles. The Hall–Kier alpha value is -2.65. The number of hydrogen-bond donors (Lipinski definition) is 1. The first kappa shape index (κ1) is 17.7. The van der Waals surface area contributed by atoms with Gasteiger partial charge >= 0.3 is 11.9 Å². The minimum absolute atomic E-state index is 0.0210. The predicted molar refractivity (Wildman–Crippen MR) is 84.4 cm³/mol. The summed E-state index contributed by atoms with van der Waals surface area (Å²) in [5.74, 6) is 3.46. The van der Waals surface area contributed by atoms with Crippen LogP contribution in [0.1, 0.15) is 26.7 Å². The van der Waals surface area contributed by atoms with E-state index in [1.165, 1.54) is 13.0 Å². The third kappa shape index (κ3) is 4.00. The summed E-state index contributed by atoms with van der Waals surface area (Å²) in [7, 11) is 0. The van der Waals surface area contributed by atoms with Gasteiger partial charge in [0.05, 0.1) is 5.57 Å². The van der Waals surface area contributed by atoms with Crippen LogP contribution in [0.25, 0.3) is 0 Å². The van der Waals surface area contributed by atoms with Gasteiger partial charge in [0.15, 0.2) is 12.2 Å². The predicted octanol–water partition coefficient (Wildman–Crippen LogP) is 1.000. The molecule has 0 aromatic rings. The lowest BCUT2D eigenvalue weighted by molar-refractivity contribution is -0.168. The Morgan fingerprint density at radius 3 is 2.79 bits per heavy atom. The molecule has 24 heavy (non-hydrogen) atoms. The number of ether oxygens (including phenoxy) is 2. The van der Waals surface area contributed by atoms with Gasteiger partial charge in [-0.3, -0.25) is 9.59 Å². The number of rotatable bonds is 1. The summed E-state index contributed by atoms with van der Waals surface area (Å²) in [5.41, 5.74) is 0.942. The molecule has 2 bridgehead atoms. The van der Waals surface area contributed by atoms with E-state index in [2.05, 4.69) is 18.4 Å². The van der Waals surface area contributed by atoms with Crippen LogP contribution in [0, 0.1) is 11.8 Å². The SMILES string of the molecule is C=C1C#CC2=C[C@@H](OC(C)=O)[C@H](O)[C@@H](OC(=O)C(C)=CCC1)C2=O. The molecule has 0 unspecified atom stereocenters. The van der Waals surface area contributed by atoms with Gasteiger partial charge in [-0.25, -0.2) is 4.79 Å². The van der Waals surface area contributed by atoms with Crippen LogP contribution < -0.4 is 0 Å². The van der Waals surface area contributed by atoms with Gasteiger partial charge in [-0.05, 0) is 31.4 Å². The maximum absolute atomic E-state index is 12.4. The van der Waals surface area contributed by atoms with E-state index in [0.717, 1.165) is 0 Å². The Morgan fingerprint density at radius 2 is 2.12 bits per heavy atom. The van der Waals surface area contributed by atoms with E-state index in [9.17, 15) is 19.5 Å². The van der Waals surface area contributed by atoms with Gasteiger partial charge in [0.1, 0.15) is 6.10 Å². The fourth-order valence-electron chi connectivity index (χ4n) is 2.32. The average molecular weight is 330 g/mol. The second-order valence-electron chi connectivity index (χ2n) is 5.61. The maximum atomic E-state index is 12.4. The minimum Gasteiger partial charge on any atom is -0.455 e. The number of esters is 2. The highest BCUT2D eigenvalue weighted by Crippen LogP contribution is 2.23. The van der Waals surface area contributed by atoms with Crippen LogP contribution in [0.2, 0.25) is 0 Å². The molecule has 0 radical (unpaired) electrons. The zero-order chi connectivity index (χ0) is 17.9. The summed E-state index contributed by atoms with van der Waals surface area (Å²) in [4.78, 5) is 35.7. The van der Waals surface area contributed by atoms with Crippen molar-refractivity contribution in [3.8, 4) is 11.8 Å². The molecule has 126 valence electrons. The van der Waals surface area contributed by atoms with Crippen molar-refractivity contribution in [2.45, 2.75) is 45.0 Å². The maximum Gasteiger partial charge on any atom is 0.334 e. The summed E-state index contributed by atoms with van der Waals surface area (Å²) in [6.07, 6.45) is -0.0575. The fraction of sp³-hybridized carbons (Fsp3) is 0.389. The van der Waals surface area contributed by atoms with E-state index in [0.29, 0.717) is 24.0 Å². The van der Waals surface area contributed by atoms with Crippen molar-refractivity contribution in [2.24, 2.45) is 0 Å². The molecule has 0 amide bonds. The third-order valence-electron chi connectivity index (χ3n) is 3.63. The van der Waals surface area contributed by atoms with Gasteiger partial charge in [-0.15, -0.1) is 0 Å². The van der Waals surface area contributed by atoms with Crippen molar-refractivity contribution >= 4 is 17.7 Å². The molecule has 1 aliphatic heterocycles. The van der Waals surface area contributed by atoms with Gasteiger partial charge in [-0.1, -0.05) is 24.5 Å². The molecule has 0 spiro atoms. The first-order valence-corrected chi connectivity index (χ1v) is 7.48. The van der Waals surface area contributed by atoms with Crippen LogP contribution in [0.4, 0.5) is 0 Å². The Balaban J connectivity index is 2.47. The first-order valence-electron chi connectivity index (χ1n) is 7.48. The minimum atomic E-state index is -1.49. The van der Waals surface area contributed by atoms with Crippen molar-refractivity contribution in [2.75, 3.05) is 0 Å². The second kappa shape index (κ2) is 7.28. The molecule has 1 heterocycles. The summed E-state index contributed by atoms with van der Waals surface area (Å²) < 4.78 is 10.1. The van der Waals surface area contributed by atoms with Crippen molar-refractivity contribution in [1.82, 2.24) is 0 Å². The first-order chi connectivity index (χ1) is 11.3. The number of allylic oxidation sites excluding steroid dienone is 2. The quantitative estimate of drug-likeness (QED) is 0.570. The monoisotopic (exact) mass is 330 g/mol. The van der Waals surface area contributed by atoms with Crippen LogP contribution in [-0.2, 0) is 23.9 Å². The molecule has 0 fully saturated rings. The molecular weight excluding hydrogens is 312 g/mol. The molecule has 6 nitrogen and oxygen atoms in total. The second-order valence-corrected chi connectivity index (χ2v) is 5.61. The lowest BCUT2D eigenvalue weighted by atomic mass is 9.90. The van der Waals surface area contributed by atoms with Crippen LogP contribution in [-0.4, -0.2) is 41.1 Å². The highest BCUT2D eigenvalue weighted by Gasteiger charge is 2.42. The lowest BCUT2D eigenvalue weighted by Gasteiger charge is -2.30. The highest BCUT2D eigenvalue weighted by molar-refractivity contribution is 6.05. The molecule has 0 aromatic carbocycles. The fourth-order valence-corrected chi connectivity index (χ4v) is 2.32. The normalized spacial score (nSPS) is 27.5. The van der Waals surface area contributed by atoms with Crippen molar-refractivity contribution in [1.29, 1.82) is 0 Å². The van der Waals surface area contributed by atoms with Gasteiger partial charge in [0.2, 0.25) is 5.78 Å². The van der Waals surface area contributed by atoms with E-state index in [-0.39, 0.29) is 5.57 Å². The number of Topliss-reactive ketones (excluding diaryl/α,β-unsaturated/α-hetero) is 1. The van der Waals surface area contributed by atoms with E-state index in [1.807, 2.05) is 0 Å². The average Bonchev–Trinajstić information content (AvgIpc) is 2.51. The van der Waals surface area contributed by atoms with Crippen LogP contribution >= 0.6 is 0 Å². The number of ketones is 1. The molecular formula is C18H18O6. The van der Waals surface area contributed by atoms with Gasteiger partial charge in [0, 0.05) is 12.5 Å². The molecule has 1 N–H and O–H groups in total. The molecule has 2 aliphatic rings. The van der Waals surface area contributed by atoms with Gasteiger partial charge in [-0.2, -0.15) is 0 Å². The highest BCUT2D eigenvalue weighted by atomic mass is 16.6. The van der Waals surface area contributed by atoms with Crippen LogP contribution in [0.15, 0.2) is 35.5 Å². The number of carbonyl (C=O) groups excluding carboxylic acids is 3. The van der Waals surface area contributed by atoms with E-state index in [1.54, 1.807) is 13.0 Å². The summed E-state index contributed by atoms with van der Waals surface area (Å²) >= 11 is 0. The van der Waals surface area contributed by atoms with Crippen LogP contribution in [0.5, 0.6) is 0 Å². The topological polar surface area (TPSA) is 89.9 Å². The molecule has 1 aliphatic carbocycles. The largest absolute Gasteiger partial charge is 0.455 e. The number of carbonyl (C=O) groups is 3. The van der Waals surface area contributed by atoms with Gasteiger partial charge in [0.25, 0.3) is 0 Å². The van der Waals surface area contributed by atoms with E-state index >= 15 is 0 Å². The summed E-state index contributed by atoms with van der Waals surface area (Å²) in [5, 5.41) is 10.3. The number of aliphatic hydroxyl groups excluding tert-OH is 1. The standard InChI is InChI=1S/C18H18O6/c1-10-5-4-6-11(2)18(22)24-17-15(20)13(8-7-10)9-14(16(17)21)23-12(3)19/h6,9,14,16-17,21H,1,4-5H2,2-3H3/t14-,16+,17+/m1/s1. The zero-order valence-electron chi connectivity index (χ0n) is 13.5. The smallest absolute Gasteiger partial charge is 0.334 e. The Kier molecular flexibility index (Phi) is 5.37. The molecule has 6 heteroatoms. The summed E-state index contributed by atoms with van der Waals surface area (Å²) in [6, 6.07) is 0. The third-order valence-corrected chi connectivity index (χ3v) is 3.63. The molecule has 0 aromatic heterocycles. The molecule has 0 saturated carbocycles. The van der Waals surface area contributed by atoms with Crippen molar-refractivity contribution < 1.29 is 29.0 Å². The lowest BCUT2D eigenvalue weighted by Crippen LogP contribution is -2.49. The zero-order valence-corrected chi connectivity index (χ0v) is 13.5. The van der Waals surface area contributed by atoms with E-state index < -0.39 is 36.0 Å².